The van der Waals surface area contributed by atoms with Gasteiger partial charge in [-0.25, -0.2) is 0 Å². The van der Waals surface area contributed by atoms with Crippen molar-refractivity contribution in [1.29, 1.82) is 0 Å². The van der Waals surface area contributed by atoms with Gasteiger partial charge in [0.15, 0.2) is 0 Å². The van der Waals surface area contributed by atoms with Gasteiger partial charge in [0, 0.05) is 7.05 Å². The van der Waals surface area contributed by atoms with Crippen LogP contribution in [-0.2, 0) is 13.5 Å². The molecule has 2 rings (SSSR count). The highest BCUT2D eigenvalue weighted by Crippen LogP contribution is 2.26. The van der Waals surface area contributed by atoms with Crippen molar-refractivity contribution in [1.82, 2.24) is 9.78 Å². The van der Waals surface area contributed by atoms with E-state index in [1.165, 1.54) is 5.56 Å². The lowest BCUT2D eigenvalue weighted by Crippen LogP contribution is -2.03. The van der Waals surface area contributed by atoms with Gasteiger partial charge in [0.05, 0.1) is 24.2 Å². The van der Waals surface area contributed by atoms with E-state index in [9.17, 15) is 0 Å². The second kappa shape index (κ2) is 3.90. The third kappa shape index (κ3) is 1.68. The average molecular weight is 205 g/mol. The number of nitrogens with zero attached hydrogens (tertiary/aromatic N) is 2. The van der Waals surface area contributed by atoms with Crippen molar-refractivity contribution in [2.24, 2.45) is 12.8 Å². The predicted octanol–water partition coefficient (Wildman–Crippen LogP) is 1.08. The minimum absolute atomic E-state index is 0.645. The molecule has 0 radical (unpaired) electrons. The standard InChI is InChI=1S/C11H15N3O/c1-14-10-5-8(3-4-12)6-11(15-2)9(10)7-13-14/h5-7H,3-4,12H2,1-2H3. The second-order valence-corrected chi connectivity index (χ2v) is 3.54. The number of benzene rings is 1. The van der Waals surface area contributed by atoms with Gasteiger partial charge in [-0.3, -0.25) is 4.68 Å². The number of hydrogen-bond donors (Lipinski definition) is 1. The molecular formula is C11H15N3O. The van der Waals surface area contributed by atoms with E-state index in [-0.39, 0.29) is 0 Å². The van der Waals surface area contributed by atoms with Crippen molar-refractivity contribution in [2.45, 2.75) is 6.42 Å². The van der Waals surface area contributed by atoms with Gasteiger partial charge in [0.25, 0.3) is 0 Å². The van der Waals surface area contributed by atoms with Gasteiger partial charge in [-0.05, 0) is 30.7 Å². The molecule has 4 heteroatoms. The number of aryl methyl sites for hydroxylation is 1. The highest BCUT2D eigenvalue weighted by Gasteiger charge is 2.07. The van der Waals surface area contributed by atoms with Crippen LogP contribution in [0, 0.1) is 0 Å². The Morgan fingerprint density at radius 1 is 1.47 bits per heavy atom. The van der Waals surface area contributed by atoms with Crippen molar-refractivity contribution in [3.8, 4) is 5.75 Å². The predicted molar refractivity (Wildman–Crippen MR) is 60.0 cm³/mol. The minimum Gasteiger partial charge on any atom is -0.496 e. The van der Waals surface area contributed by atoms with Gasteiger partial charge in [-0.1, -0.05) is 0 Å². The number of aromatic nitrogens is 2. The normalized spacial score (nSPS) is 10.9. The van der Waals surface area contributed by atoms with Gasteiger partial charge >= 0.3 is 0 Å². The molecule has 0 aliphatic heterocycles. The van der Waals surface area contributed by atoms with E-state index in [4.69, 9.17) is 10.5 Å². The first kappa shape index (κ1) is 9.98. The molecule has 0 saturated heterocycles. The smallest absolute Gasteiger partial charge is 0.130 e. The van der Waals surface area contributed by atoms with Crippen LogP contribution in [0.3, 0.4) is 0 Å². The fraction of sp³-hybridized carbons (Fsp3) is 0.364. The number of hydrogen-bond acceptors (Lipinski definition) is 3. The summed E-state index contributed by atoms with van der Waals surface area (Å²) >= 11 is 0. The summed E-state index contributed by atoms with van der Waals surface area (Å²) < 4.78 is 7.18. The maximum atomic E-state index is 5.55. The Bertz CT molecular complexity index is 476. The number of ether oxygens (including phenoxy) is 1. The minimum atomic E-state index is 0.645. The van der Waals surface area contributed by atoms with Crippen LogP contribution < -0.4 is 10.5 Å². The first-order chi connectivity index (χ1) is 7.26. The van der Waals surface area contributed by atoms with E-state index in [0.717, 1.165) is 23.1 Å². The van der Waals surface area contributed by atoms with Crippen LogP contribution in [0.15, 0.2) is 18.3 Å². The maximum Gasteiger partial charge on any atom is 0.130 e. The molecule has 0 unspecified atom stereocenters. The topological polar surface area (TPSA) is 53.1 Å². The summed E-state index contributed by atoms with van der Waals surface area (Å²) in [6.45, 7) is 0.645. The van der Waals surface area contributed by atoms with E-state index >= 15 is 0 Å². The molecule has 0 aliphatic carbocycles. The van der Waals surface area contributed by atoms with Crippen molar-refractivity contribution < 1.29 is 4.74 Å². The zero-order chi connectivity index (χ0) is 10.8. The Balaban J connectivity index is 2.62. The second-order valence-electron chi connectivity index (χ2n) is 3.54. The SMILES string of the molecule is COc1cc(CCN)cc2c1cnn2C. The zero-order valence-corrected chi connectivity index (χ0v) is 9.03. The summed E-state index contributed by atoms with van der Waals surface area (Å²) in [4.78, 5) is 0. The van der Waals surface area contributed by atoms with Crippen molar-refractivity contribution in [2.75, 3.05) is 13.7 Å². The van der Waals surface area contributed by atoms with Crippen LogP contribution in [0.4, 0.5) is 0 Å². The molecule has 1 aromatic heterocycles. The number of methoxy groups -OCH3 is 1. The number of fused-ring (bicyclic) bond motifs is 1. The third-order valence-electron chi connectivity index (χ3n) is 2.54. The molecule has 0 aliphatic rings. The van der Waals surface area contributed by atoms with Crippen molar-refractivity contribution in [3.63, 3.8) is 0 Å². The summed E-state index contributed by atoms with van der Waals surface area (Å²) in [6.07, 6.45) is 2.68. The van der Waals surface area contributed by atoms with Crippen molar-refractivity contribution >= 4 is 10.9 Å². The molecule has 1 aromatic carbocycles. The van der Waals surface area contributed by atoms with Crippen LogP contribution in [0.2, 0.25) is 0 Å². The van der Waals surface area contributed by atoms with E-state index < -0.39 is 0 Å². The summed E-state index contributed by atoms with van der Waals surface area (Å²) in [5, 5.41) is 5.25. The molecule has 0 amide bonds. The molecule has 2 aromatic rings. The molecule has 0 spiro atoms. The van der Waals surface area contributed by atoms with E-state index in [1.54, 1.807) is 7.11 Å². The first-order valence-corrected chi connectivity index (χ1v) is 4.95. The van der Waals surface area contributed by atoms with Gasteiger partial charge in [0.2, 0.25) is 0 Å². The van der Waals surface area contributed by atoms with Gasteiger partial charge in [0.1, 0.15) is 5.75 Å². The van der Waals surface area contributed by atoms with E-state index in [0.29, 0.717) is 6.54 Å². The van der Waals surface area contributed by atoms with E-state index in [2.05, 4.69) is 11.2 Å². The highest BCUT2D eigenvalue weighted by molar-refractivity contribution is 5.86. The summed E-state index contributed by atoms with van der Waals surface area (Å²) in [5.41, 5.74) is 7.81. The molecule has 80 valence electrons. The molecule has 15 heavy (non-hydrogen) atoms. The first-order valence-electron chi connectivity index (χ1n) is 4.95. The van der Waals surface area contributed by atoms with Crippen molar-refractivity contribution in [3.05, 3.63) is 23.9 Å². The molecule has 0 saturated carbocycles. The van der Waals surface area contributed by atoms with Crippen LogP contribution >= 0.6 is 0 Å². The maximum absolute atomic E-state index is 5.55. The Hall–Kier alpha value is -1.55. The van der Waals surface area contributed by atoms with Crippen LogP contribution in [-0.4, -0.2) is 23.4 Å². The number of rotatable bonds is 3. The monoisotopic (exact) mass is 205 g/mol. The van der Waals surface area contributed by atoms with Gasteiger partial charge in [-0.15, -0.1) is 0 Å². The zero-order valence-electron chi connectivity index (χ0n) is 9.03. The Kier molecular flexibility index (Phi) is 2.60. The largest absolute Gasteiger partial charge is 0.496 e. The lowest BCUT2D eigenvalue weighted by molar-refractivity contribution is 0.419. The lowest BCUT2D eigenvalue weighted by atomic mass is 10.1. The lowest BCUT2D eigenvalue weighted by Gasteiger charge is -2.06. The molecule has 2 N–H and O–H groups in total. The highest BCUT2D eigenvalue weighted by atomic mass is 16.5. The van der Waals surface area contributed by atoms with Crippen LogP contribution in [0.25, 0.3) is 10.9 Å². The fourth-order valence-corrected chi connectivity index (χ4v) is 1.75. The fourth-order valence-electron chi connectivity index (χ4n) is 1.75. The Morgan fingerprint density at radius 2 is 2.27 bits per heavy atom. The molecule has 1 heterocycles. The average Bonchev–Trinajstić information content (AvgIpc) is 2.60. The molecular weight excluding hydrogens is 190 g/mol. The Labute approximate surface area is 88.6 Å². The quantitative estimate of drug-likeness (QED) is 0.815. The molecule has 0 fully saturated rings. The van der Waals surface area contributed by atoms with Gasteiger partial charge in [-0.2, -0.15) is 5.10 Å². The third-order valence-corrected chi connectivity index (χ3v) is 2.54. The summed E-state index contributed by atoms with van der Waals surface area (Å²) in [7, 11) is 3.60. The summed E-state index contributed by atoms with van der Waals surface area (Å²) in [5.74, 6) is 0.865. The van der Waals surface area contributed by atoms with Crippen LogP contribution in [0.1, 0.15) is 5.56 Å². The molecule has 0 atom stereocenters. The molecule has 0 bridgehead atoms. The molecule has 4 nitrogen and oxygen atoms in total. The van der Waals surface area contributed by atoms with Crippen LogP contribution in [0.5, 0.6) is 5.75 Å². The van der Waals surface area contributed by atoms with E-state index in [1.807, 2.05) is 24.0 Å². The number of nitrogens with two attached hydrogens (primary N) is 1. The summed E-state index contributed by atoms with van der Waals surface area (Å²) in [6, 6.07) is 4.13. The Morgan fingerprint density at radius 3 is 2.93 bits per heavy atom. The van der Waals surface area contributed by atoms with Gasteiger partial charge < -0.3 is 10.5 Å².